The van der Waals surface area contributed by atoms with E-state index in [2.05, 4.69) is 39.2 Å². The number of aromatic nitrogens is 3. The molecule has 4 heterocycles. The van der Waals surface area contributed by atoms with Crippen LogP contribution in [-0.4, -0.2) is 82.3 Å². The van der Waals surface area contributed by atoms with Gasteiger partial charge in [-0.15, -0.1) is 0 Å². The Balaban J connectivity index is 1.32. The van der Waals surface area contributed by atoms with Crippen LogP contribution >= 0.6 is 0 Å². The minimum Gasteiger partial charge on any atom is -0.461 e. The zero-order valence-corrected chi connectivity index (χ0v) is 25.6. The first-order chi connectivity index (χ1) is 21.2. The Kier molecular flexibility index (Phi) is 7.40. The fourth-order valence-electron chi connectivity index (χ4n) is 7.66. The Morgan fingerprint density at radius 3 is 2.68 bits per heavy atom. The normalized spacial score (nSPS) is 22.9. The van der Waals surface area contributed by atoms with Crippen LogP contribution in [0.4, 0.5) is 19.0 Å². The van der Waals surface area contributed by atoms with E-state index in [0.717, 1.165) is 44.0 Å². The number of pyridine rings is 1. The smallest absolute Gasteiger partial charge is 0.319 e. The Morgan fingerprint density at radius 1 is 1.09 bits per heavy atom. The van der Waals surface area contributed by atoms with Gasteiger partial charge in [-0.2, -0.15) is 9.97 Å². The summed E-state index contributed by atoms with van der Waals surface area (Å²) in [6, 6.07) is 8.70. The number of alkyl halides is 1. The third-order valence-corrected chi connectivity index (χ3v) is 10.4. The van der Waals surface area contributed by atoms with E-state index in [1.807, 2.05) is 19.1 Å². The number of anilines is 1. The van der Waals surface area contributed by atoms with Crippen LogP contribution in [0.1, 0.15) is 51.0 Å². The topological polar surface area (TPSA) is 66.4 Å². The van der Waals surface area contributed by atoms with Crippen molar-refractivity contribution in [2.45, 2.75) is 69.1 Å². The average molecular weight is 605 g/mol. The fraction of sp³-hybridized carbons (Fsp3) is 0.500. The standard InChI is InChI=1S/C34H39F3N6O/c1-4-23-26(36)11-10-21-8-5-9-24(27(21)23)29-28(37)30-25(17-38-29)31(39-19-33(42(2)3)12-6-13-33)41-32(40-30)44-20-34-14-7-15-43(34)18-22(35)16-34/h5,8-11,17,22H,4,6-7,12-16,18-20H2,1-3H3,(H,39,40,41)/t22-,34?/m1/s1. The zero-order valence-electron chi connectivity index (χ0n) is 25.6. The van der Waals surface area contributed by atoms with Gasteiger partial charge in [0.15, 0.2) is 5.82 Å². The van der Waals surface area contributed by atoms with Crippen molar-refractivity contribution in [2.24, 2.45) is 0 Å². The summed E-state index contributed by atoms with van der Waals surface area (Å²) in [4.78, 5) is 18.3. The lowest BCUT2D eigenvalue weighted by Crippen LogP contribution is -2.54. The summed E-state index contributed by atoms with van der Waals surface area (Å²) in [7, 11) is 4.15. The fourth-order valence-corrected chi connectivity index (χ4v) is 7.66. The van der Waals surface area contributed by atoms with Gasteiger partial charge in [0.05, 0.1) is 10.9 Å². The maximum atomic E-state index is 16.7. The maximum absolute atomic E-state index is 16.7. The van der Waals surface area contributed by atoms with Crippen molar-refractivity contribution in [3.63, 3.8) is 0 Å². The summed E-state index contributed by atoms with van der Waals surface area (Å²) < 4.78 is 52.2. The number of rotatable bonds is 9. The summed E-state index contributed by atoms with van der Waals surface area (Å²) in [6.07, 6.45) is 6.66. The second-order valence-electron chi connectivity index (χ2n) is 13.0. The molecular formula is C34H39F3N6O. The molecule has 232 valence electrons. The molecule has 0 radical (unpaired) electrons. The maximum Gasteiger partial charge on any atom is 0.319 e. The number of halogens is 3. The Morgan fingerprint density at radius 2 is 1.93 bits per heavy atom. The summed E-state index contributed by atoms with van der Waals surface area (Å²) in [5, 5.41) is 5.38. The highest BCUT2D eigenvalue weighted by Gasteiger charge is 2.49. The van der Waals surface area contributed by atoms with E-state index < -0.39 is 17.5 Å². The van der Waals surface area contributed by atoms with Crippen LogP contribution in [0.2, 0.25) is 0 Å². The number of fused-ring (bicyclic) bond motifs is 3. The largest absolute Gasteiger partial charge is 0.461 e. The van der Waals surface area contributed by atoms with E-state index in [0.29, 0.717) is 53.6 Å². The minimum absolute atomic E-state index is 0.0168. The van der Waals surface area contributed by atoms with E-state index in [1.54, 1.807) is 18.3 Å². The molecular weight excluding hydrogens is 565 g/mol. The molecule has 7 rings (SSSR count). The van der Waals surface area contributed by atoms with Crippen LogP contribution in [0.5, 0.6) is 6.01 Å². The predicted octanol–water partition coefficient (Wildman–Crippen LogP) is 6.54. The van der Waals surface area contributed by atoms with Gasteiger partial charge in [0.2, 0.25) is 0 Å². The molecule has 4 aromatic rings. The van der Waals surface area contributed by atoms with Gasteiger partial charge < -0.3 is 15.0 Å². The molecule has 0 spiro atoms. The Bertz CT molecular complexity index is 1730. The Labute approximate surface area is 255 Å². The van der Waals surface area contributed by atoms with Crippen molar-refractivity contribution >= 4 is 27.5 Å². The second kappa shape index (κ2) is 11.1. The lowest BCUT2D eigenvalue weighted by molar-refractivity contribution is 0.0738. The van der Waals surface area contributed by atoms with Crippen LogP contribution in [0.15, 0.2) is 36.5 Å². The van der Waals surface area contributed by atoms with Gasteiger partial charge in [0.25, 0.3) is 0 Å². The van der Waals surface area contributed by atoms with Crippen LogP contribution in [0.25, 0.3) is 32.9 Å². The highest BCUT2D eigenvalue weighted by Crippen LogP contribution is 2.41. The van der Waals surface area contributed by atoms with Crippen molar-refractivity contribution in [1.29, 1.82) is 0 Å². The van der Waals surface area contributed by atoms with Crippen molar-refractivity contribution < 1.29 is 17.9 Å². The molecule has 2 atom stereocenters. The highest BCUT2D eigenvalue weighted by molar-refractivity contribution is 6.00. The van der Waals surface area contributed by atoms with Crippen molar-refractivity contribution in [3.8, 4) is 17.3 Å². The van der Waals surface area contributed by atoms with E-state index in [4.69, 9.17) is 9.72 Å². The zero-order chi connectivity index (χ0) is 30.6. The lowest BCUT2D eigenvalue weighted by Gasteiger charge is -2.47. The molecule has 1 N–H and O–H groups in total. The molecule has 1 aliphatic carbocycles. The van der Waals surface area contributed by atoms with Gasteiger partial charge in [-0.25, -0.2) is 13.2 Å². The number of ether oxygens (including phenoxy) is 1. The molecule has 3 fully saturated rings. The molecule has 2 aliphatic heterocycles. The van der Waals surface area contributed by atoms with Gasteiger partial charge in [-0.1, -0.05) is 31.2 Å². The summed E-state index contributed by atoms with van der Waals surface area (Å²) in [5.74, 6) is -0.496. The molecule has 44 heavy (non-hydrogen) atoms. The third kappa shape index (κ3) is 4.77. The summed E-state index contributed by atoms with van der Waals surface area (Å²) in [6.45, 7) is 4.00. The number of nitrogens with zero attached hydrogens (tertiary/aromatic N) is 5. The predicted molar refractivity (Wildman–Crippen MR) is 167 cm³/mol. The molecule has 10 heteroatoms. The summed E-state index contributed by atoms with van der Waals surface area (Å²) in [5.41, 5.74) is 0.798. The Hall–Kier alpha value is -3.50. The molecule has 1 saturated carbocycles. The first-order valence-corrected chi connectivity index (χ1v) is 15.7. The van der Waals surface area contributed by atoms with Crippen molar-refractivity contribution in [1.82, 2.24) is 24.8 Å². The quantitative estimate of drug-likeness (QED) is 0.233. The van der Waals surface area contributed by atoms with Crippen LogP contribution < -0.4 is 10.1 Å². The average Bonchev–Trinajstić information content (AvgIpc) is 3.51. The van der Waals surface area contributed by atoms with Gasteiger partial charge in [0.1, 0.15) is 35.6 Å². The number of likely N-dealkylation sites (N-methyl/N-ethyl adjacent to an activating group) is 1. The molecule has 7 nitrogen and oxygen atoms in total. The monoisotopic (exact) mass is 604 g/mol. The van der Waals surface area contributed by atoms with Crippen LogP contribution in [0.3, 0.4) is 0 Å². The number of benzene rings is 2. The number of aryl methyl sites for hydroxylation is 1. The van der Waals surface area contributed by atoms with Gasteiger partial charge in [0, 0.05) is 36.8 Å². The number of nitrogens with one attached hydrogen (secondary N) is 1. The number of hydrogen-bond donors (Lipinski definition) is 1. The van der Waals surface area contributed by atoms with E-state index in [1.165, 1.54) is 6.07 Å². The molecule has 2 aromatic carbocycles. The molecule has 0 amide bonds. The van der Waals surface area contributed by atoms with Crippen molar-refractivity contribution in [2.75, 3.05) is 45.7 Å². The summed E-state index contributed by atoms with van der Waals surface area (Å²) >= 11 is 0. The van der Waals surface area contributed by atoms with Gasteiger partial charge >= 0.3 is 6.01 Å². The molecule has 2 saturated heterocycles. The molecule has 1 unspecified atom stereocenters. The third-order valence-electron chi connectivity index (χ3n) is 10.4. The van der Waals surface area contributed by atoms with Crippen LogP contribution in [-0.2, 0) is 6.42 Å². The lowest BCUT2D eigenvalue weighted by atomic mass is 9.75. The SMILES string of the molecule is CCc1c(F)ccc2cccc(-c3ncc4c(NCC5(N(C)C)CCC5)nc(OCC56CCCN5C[C@H](F)C6)nc4c3F)c12. The van der Waals surface area contributed by atoms with E-state index in [9.17, 15) is 8.78 Å². The molecule has 2 aromatic heterocycles. The first kappa shape index (κ1) is 29.2. The van der Waals surface area contributed by atoms with Crippen LogP contribution in [0, 0.1) is 11.6 Å². The highest BCUT2D eigenvalue weighted by atomic mass is 19.1. The molecule has 0 bridgehead atoms. The van der Waals surface area contributed by atoms with E-state index >= 15 is 4.39 Å². The van der Waals surface area contributed by atoms with Crippen molar-refractivity contribution in [3.05, 3.63) is 53.7 Å². The van der Waals surface area contributed by atoms with Gasteiger partial charge in [-0.05, 0) is 81.6 Å². The minimum atomic E-state index is -0.886. The van der Waals surface area contributed by atoms with E-state index in [-0.39, 0.29) is 35.2 Å². The second-order valence-corrected chi connectivity index (χ2v) is 13.0. The van der Waals surface area contributed by atoms with Gasteiger partial charge in [-0.3, -0.25) is 9.88 Å². The molecule has 3 aliphatic rings. The number of hydrogen-bond acceptors (Lipinski definition) is 7. The first-order valence-electron chi connectivity index (χ1n) is 15.7.